The van der Waals surface area contributed by atoms with E-state index in [-0.39, 0.29) is 5.91 Å². The van der Waals surface area contributed by atoms with Gasteiger partial charge in [-0.3, -0.25) is 14.6 Å². The van der Waals surface area contributed by atoms with E-state index in [1.54, 1.807) is 0 Å². The van der Waals surface area contributed by atoms with Crippen molar-refractivity contribution in [3.8, 4) is 5.69 Å². The molecule has 200 valence electrons. The van der Waals surface area contributed by atoms with E-state index in [0.717, 1.165) is 87.1 Å². The standard InChI is InChI=1S/C29H42N6O2/c1-5-10-27-23(4)31-29(37-27)21-34-14-9-13-33(15-16-34)20-28(36)30-19-24-18-26(17-22(2)3)35(32-24)25-11-7-6-8-12-25/h6-8,11-12,18,22H,5,9-10,13-17,19-21H2,1-4H3,(H,30,36). The van der Waals surface area contributed by atoms with Crippen molar-refractivity contribution in [1.29, 1.82) is 0 Å². The molecule has 1 amide bonds. The number of rotatable bonds is 11. The molecular formula is C29H42N6O2. The maximum absolute atomic E-state index is 12.8. The van der Waals surface area contributed by atoms with Crippen LogP contribution in [-0.4, -0.2) is 63.2 Å². The van der Waals surface area contributed by atoms with Gasteiger partial charge in [0.05, 0.1) is 36.7 Å². The minimum Gasteiger partial charge on any atom is -0.444 e. The van der Waals surface area contributed by atoms with E-state index in [9.17, 15) is 4.79 Å². The Balaban J connectivity index is 1.27. The molecule has 0 atom stereocenters. The number of amides is 1. The van der Waals surface area contributed by atoms with Gasteiger partial charge in [-0.2, -0.15) is 5.10 Å². The normalized spacial score (nSPS) is 15.3. The number of hydrogen-bond acceptors (Lipinski definition) is 6. The third-order valence-electron chi connectivity index (χ3n) is 6.74. The van der Waals surface area contributed by atoms with Crippen molar-refractivity contribution in [2.75, 3.05) is 32.7 Å². The molecule has 0 bridgehead atoms. The molecule has 0 unspecified atom stereocenters. The van der Waals surface area contributed by atoms with Gasteiger partial charge in [-0.05, 0) is 63.4 Å². The second-order valence-electron chi connectivity index (χ2n) is 10.5. The Bertz CT molecular complexity index is 1140. The molecule has 1 saturated heterocycles. The summed E-state index contributed by atoms with van der Waals surface area (Å²) in [6.45, 7) is 13.8. The Labute approximate surface area is 221 Å². The van der Waals surface area contributed by atoms with Crippen molar-refractivity contribution >= 4 is 5.91 Å². The number of aromatic nitrogens is 3. The molecule has 1 fully saturated rings. The molecule has 0 spiro atoms. The summed E-state index contributed by atoms with van der Waals surface area (Å²) in [7, 11) is 0. The maximum atomic E-state index is 12.8. The van der Waals surface area contributed by atoms with Gasteiger partial charge in [0.2, 0.25) is 11.8 Å². The number of para-hydroxylation sites is 1. The smallest absolute Gasteiger partial charge is 0.234 e. The Morgan fingerprint density at radius 1 is 1.11 bits per heavy atom. The molecule has 37 heavy (non-hydrogen) atoms. The van der Waals surface area contributed by atoms with Crippen LogP contribution in [0.2, 0.25) is 0 Å². The van der Waals surface area contributed by atoms with Crippen LogP contribution < -0.4 is 5.32 Å². The number of hydrogen-bond donors (Lipinski definition) is 1. The summed E-state index contributed by atoms with van der Waals surface area (Å²) in [5, 5.41) is 7.89. The van der Waals surface area contributed by atoms with Crippen molar-refractivity contribution in [3.63, 3.8) is 0 Å². The summed E-state index contributed by atoms with van der Waals surface area (Å²) in [4.78, 5) is 22.0. The number of carbonyl (C=O) groups excluding carboxylic acids is 1. The Morgan fingerprint density at radius 2 is 1.86 bits per heavy atom. The molecule has 3 heterocycles. The molecule has 8 nitrogen and oxygen atoms in total. The maximum Gasteiger partial charge on any atom is 0.234 e. The quantitative estimate of drug-likeness (QED) is 0.421. The Kier molecular flexibility index (Phi) is 9.52. The van der Waals surface area contributed by atoms with Gasteiger partial charge in [-0.15, -0.1) is 0 Å². The number of nitrogens with one attached hydrogen (secondary N) is 1. The molecule has 1 aliphatic rings. The minimum absolute atomic E-state index is 0.0423. The molecule has 3 aromatic rings. The summed E-state index contributed by atoms with van der Waals surface area (Å²) >= 11 is 0. The van der Waals surface area contributed by atoms with Crippen molar-refractivity contribution in [3.05, 3.63) is 65.1 Å². The van der Waals surface area contributed by atoms with E-state index in [2.05, 4.69) is 59.1 Å². The van der Waals surface area contributed by atoms with E-state index in [1.807, 2.05) is 29.8 Å². The van der Waals surface area contributed by atoms with Crippen LogP contribution in [0.4, 0.5) is 0 Å². The highest BCUT2D eigenvalue weighted by Crippen LogP contribution is 2.17. The lowest BCUT2D eigenvalue weighted by Crippen LogP contribution is -2.39. The van der Waals surface area contributed by atoms with Crippen LogP contribution in [0.5, 0.6) is 0 Å². The monoisotopic (exact) mass is 506 g/mol. The van der Waals surface area contributed by atoms with Gasteiger partial charge in [0.15, 0.2) is 0 Å². The average molecular weight is 507 g/mol. The van der Waals surface area contributed by atoms with Gasteiger partial charge in [-0.1, -0.05) is 39.0 Å². The summed E-state index contributed by atoms with van der Waals surface area (Å²) in [5.41, 5.74) is 4.11. The summed E-state index contributed by atoms with van der Waals surface area (Å²) in [6, 6.07) is 12.3. The minimum atomic E-state index is 0.0423. The summed E-state index contributed by atoms with van der Waals surface area (Å²) in [5.74, 6) is 2.38. The van der Waals surface area contributed by atoms with E-state index in [4.69, 9.17) is 9.52 Å². The van der Waals surface area contributed by atoms with Crippen LogP contribution in [0.15, 0.2) is 40.8 Å². The summed E-state index contributed by atoms with van der Waals surface area (Å²) < 4.78 is 7.99. The van der Waals surface area contributed by atoms with Crippen LogP contribution >= 0.6 is 0 Å². The second-order valence-corrected chi connectivity index (χ2v) is 10.5. The van der Waals surface area contributed by atoms with Gasteiger partial charge in [0.1, 0.15) is 5.76 Å². The molecule has 0 radical (unpaired) electrons. The van der Waals surface area contributed by atoms with E-state index >= 15 is 0 Å². The number of benzene rings is 1. The second kappa shape index (κ2) is 13.0. The van der Waals surface area contributed by atoms with Gasteiger partial charge in [-0.25, -0.2) is 9.67 Å². The number of nitrogens with zero attached hydrogens (tertiary/aromatic N) is 5. The van der Waals surface area contributed by atoms with Crippen LogP contribution in [0.3, 0.4) is 0 Å². The van der Waals surface area contributed by atoms with Crippen LogP contribution in [0, 0.1) is 12.8 Å². The number of oxazole rings is 1. The fourth-order valence-corrected chi connectivity index (χ4v) is 4.91. The van der Waals surface area contributed by atoms with Crippen molar-refractivity contribution < 1.29 is 9.21 Å². The molecular weight excluding hydrogens is 464 g/mol. The van der Waals surface area contributed by atoms with Crippen molar-refractivity contribution in [1.82, 2.24) is 29.9 Å². The van der Waals surface area contributed by atoms with Gasteiger partial charge < -0.3 is 9.73 Å². The molecule has 2 aromatic heterocycles. The first-order chi connectivity index (χ1) is 17.9. The molecule has 4 rings (SSSR count). The largest absolute Gasteiger partial charge is 0.444 e. The predicted molar refractivity (Wildman–Crippen MR) is 146 cm³/mol. The SMILES string of the molecule is CCCc1oc(CN2CCCN(CC(=O)NCc3cc(CC(C)C)n(-c4ccccc4)n3)CC2)nc1C. The van der Waals surface area contributed by atoms with E-state index in [1.165, 1.54) is 5.69 Å². The van der Waals surface area contributed by atoms with Crippen LogP contribution in [0.1, 0.15) is 62.3 Å². The van der Waals surface area contributed by atoms with Gasteiger partial charge >= 0.3 is 0 Å². The zero-order chi connectivity index (χ0) is 26.2. The predicted octanol–water partition coefficient (Wildman–Crippen LogP) is 4.14. The third-order valence-corrected chi connectivity index (χ3v) is 6.74. The zero-order valence-electron chi connectivity index (χ0n) is 22.9. The van der Waals surface area contributed by atoms with Crippen molar-refractivity contribution in [2.24, 2.45) is 5.92 Å². The van der Waals surface area contributed by atoms with E-state index < -0.39 is 0 Å². The first-order valence-corrected chi connectivity index (χ1v) is 13.7. The van der Waals surface area contributed by atoms with Gasteiger partial charge in [0.25, 0.3) is 0 Å². The Morgan fingerprint density at radius 3 is 2.62 bits per heavy atom. The molecule has 1 aromatic carbocycles. The van der Waals surface area contributed by atoms with Crippen LogP contribution in [-0.2, 0) is 30.7 Å². The topological polar surface area (TPSA) is 79.4 Å². The third kappa shape index (κ3) is 7.76. The lowest BCUT2D eigenvalue weighted by Gasteiger charge is -2.20. The molecule has 0 saturated carbocycles. The lowest BCUT2D eigenvalue weighted by atomic mass is 10.1. The number of aryl methyl sites for hydroxylation is 2. The molecule has 0 aliphatic carbocycles. The molecule has 1 N–H and O–H groups in total. The zero-order valence-corrected chi connectivity index (χ0v) is 22.9. The fourth-order valence-electron chi connectivity index (χ4n) is 4.91. The number of carbonyl (C=O) groups is 1. The van der Waals surface area contributed by atoms with Gasteiger partial charge in [0, 0.05) is 25.2 Å². The average Bonchev–Trinajstić information content (AvgIpc) is 3.35. The van der Waals surface area contributed by atoms with Crippen LogP contribution in [0.25, 0.3) is 5.69 Å². The Hall–Kier alpha value is -2.97. The first kappa shape index (κ1) is 27.1. The highest BCUT2D eigenvalue weighted by Gasteiger charge is 2.20. The van der Waals surface area contributed by atoms with E-state index in [0.29, 0.717) is 19.0 Å². The highest BCUT2D eigenvalue weighted by atomic mass is 16.4. The molecule has 1 aliphatic heterocycles. The lowest BCUT2D eigenvalue weighted by molar-refractivity contribution is -0.122. The highest BCUT2D eigenvalue weighted by molar-refractivity contribution is 5.77. The molecule has 8 heteroatoms. The van der Waals surface area contributed by atoms with Crippen molar-refractivity contribution in [2.45, 2.75) is 66.5 Å². The first-order valence-electron chi connectivity index (χ1n) is 13.7. The fraction of sp³-hybridized carbons (Fsp3) is 0.552. The summed E-state index contributed by atoms with van der Waals surface area (Å²) in [6.07, 6.45) is 3.96.